The maximum atomic E-state index is 13.1. The number of amides is 4. The van der Waals surface area contributed by atoms with Crippen molar-refractivity contribution in [1.29, 1.82) is 0 Å². The highest BCUT2D eigenvalue weighted by molar-refractivity contribution is 8.00. The van der Waals surface area contributed by atoms with Crippen molar-refractivity contribution in [3.05, 3.63) is 64.7 Å². The number of aliphatic hydroxyl groups excluding tert-OH is 1. The summed E-state index contributed by atoms with van der Waals surface area (Å²) in [6.07, 6.45) is -1.28. The van der Waals surface area contributed by atoms with Crippen LogP contribution in [0.5, 0.6) is 0 Å². The smallest absolute Gasteiger partial charge is 0.369 e. The molecule has 2 heterocycles. The van der Waals surface area contributed by atoms with Crippen LogP contribution in [0, 0.1) is 0 Å². The van der Waals surface area contributed by atoms with Crippen molar-refractivity contribution < 1.29 is 37.5 Å². The van der Waals surface area contributed by atoms with Crippen LogP contribution in [0.2, 0.25) is 0 Å². The Morgan fingerprint density at radius 1 is 1.20 bits per heavy atom. The van der Waals surface area contributed by atoms with Crippen molar-refractivity contribution in [2.75, 3.05) is 0 Å². The Kier molecular flexibility index (Phi) is 6.36. The van der Waals surface area contributed by atoms with Crippen LogP contribution in [0.15, 0.2) is 47.4 Å². The van der Waals surface area contributed by atoms with E-state index in [-0.39, 0.29) is 47.2 Å². The maximum Gasteiger partial charge on any atom is 0.446 e. The highest BCUT2D eigenvalue weighted by Crippen LogP contribution is 2.40. The molecule has 8 nitrogen and oxygen atoms in total. The van der Waals surface area contributed by atoms with Crippen molar-refractivity contribution in [2.24, 2.45) is 0 Å². The molecule has 0 bridgehead atoms. The Bertz CT molecular complexity index is 1220. The Morgan fingerprint density at radius 2 is 1.89 bits per heavy atom. The van der Waals surface area contributed by atoms with Crippen LogP contribution in [0.25, 0.3) is 0 Å². The fraction of sp³-hybridized carbons (Fsp3) is 0.304. The van der Waals surface area contributed by atoms with Crippen molar-refractivity contribution in [2.45, 2.75) is 48.5 Å². The molecule has 2 aliphatic heterocycles. The number of thioether (sulfide) groups is 1. The van der Waals surface area contributed by atoms with Gasteiger partial charge in [-0.2, -0.15) is 13.2 Å². The van der Waals surface area contributed by atoms with Crippen molar-refractivity contribution in [1.82, 2.24) is 15.5 Å². The van der Waals surface area contributed by atoms with Gasteiger partial charge < -0.3 is 10.4 Å². The van der Waals surface area contributed by atoms with Crippen LogP contribution in [0.3, 0.4) is 0 Å². The van der Waals surface area contributed by atoms with Gasteiger partial charge in [0.2, 0.25) is 5.91 Å². The standard InChI is InChI=1S/C23H20F3N3O5S/c1-22(9-8-17(30)28-21(22)34)29-19(32)15-7-2-12(10-16(15)20(29)33)11-27-18(31)13-3-5-14(6-4-13)35-23(24,25)26/h2-7,10,19,32H,8-9,11H2,1H3,(H,27,31)(H,28,30,34)/t19?,22-/m0/s1. The van der Waals surface area contributed by atoms with Crippen molar-refractivity contribution in [3.63, 3.8) is 0 Å². The molecule has 0 spiro atoms. The van der Waals surface area contributed by atoms with Gasteiger partial charge in [-0.05, 0) is 61.0 Å². The molecule has 1 fully saturated rings. The lowest BCUT2D eigenvalue weighted by atomic mass is 9.89. The number of imide groups is 1. The highest BCUT2D eigenvalue weighted by Gasteiger charge is 2.52. The molecular formula is C23H20F3N3O5S. The largest absolute Gasteiger partial charge is 0.446 e. The first-order chi connectivity index (χ1) is 16.4. The summed E-state index contributed by atoms with van der Waals surface area (Å²) in [7, 11) is 0. The SMILES string of the molecule is C[C@]1(N2C(=O)c3cc(CNC(=O)c4ccc(SC(F)(F)F)cc4)ccc3C2O)CCC(=O)NC1=O. The Hall–Kier alpha value is -3.38. The van der Waals surface area contributed by atoms with Crippen LogP contribution in [-0.4, -0.2) is 44.7 Å². The number of piperidine rings is 1. The van der Waals surface area contributed by atoms with Gasteiger partial charge in [0.25, 0.3) is 17.7 Å². The molecule has 2 aromatic carbocycles. The van der Waals surface area contributed by atoms with Gasteiger partial charge >= 0.3 is 5.51 Å². The quantitative estimate of drug-likeness (QED) is 0.424. The lowest BCUT2D eigenvalue weighted by Gasteiger charge is -2.41. The van der Waals surface area contributed by atoms with Gasteiger partial charge in [0.15, 0.2) is 6.23 Å². The predicted molar refractivity (Wildman–Crippen MR) is 118 cm³/mol. The molecule has 4 rings (SSSR count). The molecule has 2 aromatic rings. The summed E-state index contributed by atoms with van der Waals surface area (Å²) in [5.74, 6) is -2.21. The second-order valence-corrected chi connectivity index (χ2v) is 9.51. The molecule has 12 heteroatoms. The monoisotopic (exact) mass is 507 g/mol. The first kappa shape index (κ1) is 24.7. The number of halogens is 3. The third-order valence-corrected chi connectivity index (χ3v) is 6.74. The number of alkyl halides is 3. The number of fused-ring (bicyclic) bond motifs is 1. The summed E-state index contributed by atoms with van der Waals surface area (Å²) < 4.78 is 37.3. The van der Waals surface area contributed by atoms with E-state index in [0.717, 1.165) is 4.90 Å². The van der Waals surface area contributed by atoms with Crippen molar-refractivity contribution >= 4 is 35.4 Å². The minimum atomic E-state index is -4.42. The number of benzene rings is 2. The topological polar surface area (TPSA) is 116 Å². The molecule has 1 saturated heterocycles. The first-order valence-corrected chi connectivity index (χ1v) is 11.3. The number of carbonyl (C=O) groups is 4. The Labute approximate surface area is 201 Å². The van der Waals surface area contributed by atoms with Crippen LogP contribution in [0.1, 0.15) is 57.8 Å². The van der Waals surface area contributed by atoms with E-state index in [1.54, 1.807) is 6.07 Å². The molecule has 0 aliphatic carbocycles. The second kappa shape index (κ2) is 9.00. The van der Waals surface area contributed by atoms with Gasteiger partial charge in [-0.25, -0.2) is 0 Å². The van der Waals surface area contributed by atoms with Crippen LogP contribution >= 0.6 is 11.8 Å². The van der Waals surface area contributed by atoms with E-state index < -0.39 is 40.9 Å². The van der Waals surface area contributed by atoms with Crippen LogP contribution < -0.4 is 10.6 Å². The number of hydrogen-bond acceptors (Lipinski definition) is 6. The number of rotatable bonds is 5. The third-order valence-electron chi connectivity index (χ3n) is 6.01. The van der Waals surface area contributed by atoms with E-state index in [1.807, 2.05) is 0 Å². The van der Waals surface area contributed by atoms with Gasteiger partial charge in [0, 0.05) is 34.6 Å². The highest BCUT2D eigenvalue weighted by atomic mass is 32.2. The van der Waals surface area contributed by atoms with Gasteiger partial charge in [0.1, 0.15) is 5.54 Å². The summed E-state index contributed by atoms with van der Waals surface area (Å²) in [6.45, 7) is 1.50. The summed E-state index contributed by atoms with van der Waals surface area (Å²) in [6, 6.07) is 9.60. The summed E-state index contributed by atoms with van der Waals surface area (Å²) in [5.41, 5.74) is -4.65. The molecule has 0 saturated carbocycles. The van der Waals surface area contributed by atoms with E-state index in [4.69, 9.17) is 0 Å². The second-order valence-electron chi connectivity index (χ2n) is 8.38. The van der Waals surface area contributed by atoms with E-state index in [1.165, 1.54) is 43.3 Å². The van der Waals surface area contributed by atoms with Crippen LogP contribution in [0.4, 0.5) is 13.2 Å². The minimum Gasteiger partial charge on any atom is -0.369 e. The van der Waals surface area contributed by atoms with E-state index >= 15 is 0 Å². The summed E-state index contributed by atoms with van der Waals surface area (Å²) >= 11 is -0.276. The van der Waals surface area contributed by atoms with Gasteiger partial charge in [0.05, 0.1) is 0 Å². The molecule has 3 N–H and O–H groups in total. The normalized spacial score (nSPS) is 22.1. The number of carbonyl (C=O) groups excluding carboxylic acids is 4. The van der Waals surface area contributed by atoms with Gasteiger partial charge in [-0.15, -0.1) is 0 Å². The Balaban J connectivity index is 1.45. The summed E-state index contributed by atoms with van der Waals surface area (Å²) in [5, 5.41) is 15.6. The van der Waals surface area contributed by atoms with E-state index in [2.05, 4.69) is 10.6 Å². The lowest BCUT2D eigenvalue weighted by molar-refractivity contribution is -0.147. The Morgan fingerprint density at radius 3 is 2.51 bits per heavy atom. The summed E-state index contributed by atoms with van der Waals surface area (Å²) in [4.78, 5) is 50.5. The lowest BCUT2D eigenvalue weighted by Crippen LogP contribution is -2.62. The predicted octanol–water partition coefficient (Wildman–Crippen LogP) is 2.87. The van der Waals surface area contributed by atoms with E-state index in [0.29, 0.717) is 11.1 Å². The zero-order valence-corrected chi connectivity index (χ0v) is 19.1. The average Bonchev–Trinajstić information content (AvgIpc) is 3.04. The number of hydrogen-bond donors (Lipinski definition) is 3. The molecule has 4 amide bonds. The molecule has 35 heavy (non-hydrogen) atoms. The average molecular weight is 507 g/mol. The number of nitrogens with one attached hydrogen (secondary N) is 2. The molecule has 2 atom stereocenters. The zero-order chi connectivity index (χ0) is 25.5. The number of aliphatic hydroxyl groups is 1. The molecule has 0 aromatic heterocycles. The molecular weight excluding hydrogens is 487 g/mol. The van der Waals surface area contributed by atoms with Gasteiger partial charge in [-0.3, -0.25) is 29.4 Å². The maximum absolute atomic E-state index is 13.1. The molecule has 2 aliphatic rings. The van der Waals surface area contributed by atoms with Crippen LogP contribution in [-0.2, 0) is 16.1 Å². The molecule has 0 radical (unpaired) electrons. The van der Waals surface area contributed by atoms with E-state index in [9.17, 15) is 37.5 Å². The van der Waals surface area contributed by atoms with Crippen molar-refractivity contribution in [3.8, 4) is 0 Å². The van der Waals surface area contributed by atoms with Gasteiger partial charge in [-0.1, -0.05) is 12.1 Å². The first-order valence-electron chi connectivity index (χ1n) is 10.5. The molecule has 1 unspecified atom stereocenters. The fourth-order valence-corrected chi connectivity index (χ4v) is 4.65. The zero-order valence-electron chi connectivity index (χ0n) is 18.3. The fourth-order valence-electron chi connectivity index (χ4n) is 4.11. The molecule has 184 valence electrons. The third kappa shape index (κ3) is 4.89. The number of nitrogens with zero attached hydrogens (tertiary/aromatic N) is 1. The minimum absolute atomic E-state index is 0.0147.